The predicted molar refractivity (Wildman–Crippen MR) is 63.0 cm³/mol. The quantitative estimate of drug-likeness (QED) is 0.684. The Hall–Kier alpha value is -0.590. The van der Waals surface area contributed by atoms with Crippen molar-refractivity contribution in [3.05, 3.63) is 0 Å². The summed E-state index contributed by atoms with van der Waals surface area (Å²) in [6.07, 6.45) is 6.81. The Morgan fingerprint density at radius 2 is 2.12 bits per heavy atom. The Morgan fingerprint density at radius 1 is 1.44 bits per heavy atom. The molecule has 2 rings (SSSR count). The summed E-state index contributed by atoms with van der Waals surface area (Å²) in [5, 5.41) is 8.78. The lowest BCUT2D eigenvalue weighted by Gasteiger charge is -2.56. The normalized spacial score (nSPS) is 31.6. The third kappa shape index (κ3) is 1.74. The summed E-state index contributed by atoms with van der Waals surface area (Å²) in [4.78, 5) is 2.22. The maximum Gasteiger partial charge on any atom is 0.0866 e. The number of rotatable bonds is 4. The highest BCUT2D eigenvalue weighted by Gasteiger charge is 2.57. The summed E-state index contributed by atoms with van der Waals surface area (Å²) in [6.45, 7) is 3.45. The van der Waals surface area contributed by atoms with E-state index in [9.17, 15) is 0 Å². The van der Waals surface area contributed by atoms with Gasteiger partial charge in [-0.1, -0.05) is 12.8 Å². The van der Waals surface area contributed by atoms with Gasteiger partial charge in [-0.15, -0.1) is 0 Å². The molecule has 0 aromatic heterocycles. The molecule has 0 amide bonds. The maximum absolute atomic E-state index is 8.78. The number of nitrogens with zero attached hydrogens (tertiary/aromatic N) is 2. The topological polar surface area (TPSA) is 36.3 Å². The van der Waals surface area contributed by atoms with E-state index in [0.717, 1.165) is 13.0 Å². The van der Waals surface area contributed by atoms with E-state index in [1.54, 1.807) is 0 Å². The summed E-state index contributed by atoms with van der Waals surface area (Å²) >= 11 is 0. The van der Waals surface area contributed by atoms with Crippen LogP contribution in [0.2, 0.25) is 0 Å². The second kappa shape index (κ2) is 4.73. The van der Waals surface area contributed by atoms with Gasteiger partial charge in [-0.25, -0.2) is 0 Å². The van der Waals surface area contributed by atoms with Crippen LogP contribution in [-0.4, -0.2) is 37.2 Å². The molecular formula is C13H22N2O. The maximum atomic E-state index is 8.78. The van der Waals surface area contributed by atoms with Crippen molar-refractivity contribution in [2.45, 2.75) is 51.2 Å². The first-order valence-corrected chi connectivity index (χ1v) is 6.43. The first-order valence-electron chi connectivity index (χ1n) is 6.43. The van der Waals surface area contributed by atoms with Crippen LogP contribution in [-0.2, 0) is 4.74 Å². The molecule has 2 saturated carbocycles. The number of hydrogen-bond acceptors (Lipinski definition) is 3. The van der Waals surface area contributed by atoms with Gasteiger partial charge in [0, 0.05) is 18.1 Å². The van der Waals surface area contributed by atoms with Crippen molar-refractivity contribution in [3.8, 4) is 6.07 Å². The van der Waals surface area contributed by atoms with Gasteiger partial charge in [0.2, 0.25) is 0 Å². The van der Waals surface area contributed by atoms with Crippen LogP contribution >= 0.6 is 0 Å². The summed E-state index contributed by atoms with van der Waals surface area (Å²) < 4.78 is 5.86. The largest absolute Gasteiger partial charge is 0.378 e. The van der Waals surface area contributed by atoms with Crippen LogP contribution in [0.4, 0.5) is 0 Å². The van der Waals surface area contributed by atoms with E-state index < -0.39 is 0 Å². The highest BCUT2D eigenvalue weighted by Crippen LogP contribution is 2.56. The lowest BCUT2D eigenvalue weighted by Crippen LogP contribution is -2.62. The molecule has 3 heteroatoms. The first kappa shape index (κ1) is 11.9. The molecule has 0 radical (unpaired) electrons. The van der Waals surface area contributed by atoms with Gasteiger partial charge in [0.25, 0.3) is 0 Å². The van der Waals surface area contributed by atoms with Gasteiger partial charge >= 0.3 is 0 Å². The smallest absolute Gasteiger partial charge is 0.0866 e. The summed E-state index contributed by atoms with van der Waals surface area (Å²) in [5.41, 5.74) is 0.377. The van der Waals surface area contributed by atoms with Crippen LogP contribution in [0, 0.1) is 16.7 Å². The minimum absolute atomic E-state index is 0.377. The molecule has 90 valence electrons. The minimum atomic E-state index is 0.377. The van der Waals surface area contributed by atoms with E-state index in [0.29, 0.717) is 24.1 Å². The molecular weight excluding hydrogens is 200 g/mol. The molecule has 0 aromatic rings. The number of hydrogen-bond donors (Lipinski definition) is 0. The molecule has 2 fully saturated rings. The molecule has 2 aliphatic carbocycles. The van der Waals surface area contributed by atoms with Crippen LogP contribution < -0.4 is 0 Å². The SMILES string of the molecule is CCOC1CC(N(C)CC#N)C12CCCC2. The van der Waals surface area contributed by atoms with Crippen LogP contribution in [0.5, 0.6) is 0 Å². The third-order valence-corrected chi connectivity index (χ3v) is 4.50. The molecule has 2 aliphatic rings. The second-order valence-electron chi connectivity index (χ2n) is 5.21. The van der Waals surface area contributed by atoms with E-state index in [4.69, 9.17) is 10.00 Å². The first-order chi connectivity index (χ1) is 7.74. The van der Waals surface area contributed by atoms with Crippen LogP contribution in [0.15, 0.2) is 0 Å². The third-order valence-electron chi connectivity index (χ3n) is 4.50. The van der Waals surface area contributed by atoms with E-state index in [-0.39, 0.29) is 0 Å². The fourth-order valence-electron chi connectivity index (χ4n) is 3.69. The number of ether oxygens (including phenoxy) is 1. The van der Waals surface area contributed by atoms with Crippen molar-refractivity contribution in [1.29, 1.82) is 5.26 Å². The Morgan fingerprint density at radius 3 is 2.69 bits per heavy atom. The van der Waals surface area contributed by atoms with E-state index in [2.05, 4.69) is 24.9 Å². The minimum Gasteiger partial charge on any atom is -0.378 e. The summed E-state index contributed by atoms with van der Waals surface area (Å²) in [5.74, 6) is 0. The van der Waals surface area contributed by atoms with Crippen molar-refractivity contribution in [2.75, 3.05) is 20.2 Å². The van der Waals surface area contributed by atoms with Crippen LogP contribution in [0.3, 0.4) is 0 Å². The van der Waals surface area contributed by atoms with E-state index in [1.807, 2.05) is 0 Å². The van der Waals surface area contributed by atoms with Crippen molar-refractivity contribution in [1.82, 2.24) is 4.90 Å². The fourth-order valence-corrected chi connectivity index (χ4v) is 3.69. The summed E-state index contributed by atoms with van der Waals surface area (Å²) in [7, 11) is 2.08. The van der Waals surface area contributed by atoms with Gasteiger partial charge in [-0.3, -0.25) is 4.90 Å². The molecule has 2 atom stereocenters. The Labute approximate surface area is 98.4 Å². The molecule has 0 N–H and O–H groups in total. The molecule has 16 heavy (non-hydrogen) atoms. The second-order valence-corrected chi connectivity index (χ2v) is 5.21. The monoisotopic (exact) mass is 222 g/mol. The Bertz CT molecular complexity index is 278. The van der Waals surface area contributed by atoms with Gasteiger partial charge in [0.15, 0.2) is 0 Å². The highest BCUT2D eigenvalue weighted by molar-refractivity contribution is 5.10. The number of nitriles is 1. The predicted octanol–water partition coefficient (Wildman–Crippen LogP) is 2.18. The van der Waals surface area contributed by atoms with Gasteiger partial charge in [0.1, 0.15) is 0 Å². The van der Waals surface area contributed by atoms with E-state index >= 15 is 0 Å². The zero-order chi connectivity index (χ0) is 11.6. The molecule has 0 saturated heterocycles. The molecule has 0 bridgehead atoms. The lowest BCUT2D eigenvalue weighted by molar-refractivity contribution is -0.158. The fraction of sp³-hybridized carbons (Fsp3) is 0.923. The van der Waals surface area contributed by atoms with Gasteiger partial charge < -0.3 is 4.74 Å². The van der Waals surface area contributed by atoms with Crippen molar-refractivity contribution >= 4 is 0 Å². The van der Waals surface area contributed by atoms with Crippen LogP contribution in [0.25, 0.3) is 0 Å². The standard InChI is InChI=1S/C13H22N2O/c1-3-16-12-10-11(15(2)9-8-14)13(12)6-4-5-7-13/h11-12H,3-7,9-10H2,1-2H3. The van der Waals surface area contributed by atoms with Gasteiger partial charge in [-0.2, -0.15) is 5.26 Å². The van der Waals surface area contributed by atoms with E-state index in [1.165, 1.54) is 25.7 Å². The van der Waals surface area contributed by atoms with Crippen molar-refractivity contribution < 1.29 is 4.74 Å². The molecule has 0 heterocycles. The Kier molecular flexibility index (Phi) is 3.51. The zero-order valence-electron chi connectivity index (χ0n) is 10.4. The molecule has 0 aliphatic heterocycles. The molecule has 3 nitrogen and oxygen atoms in total. The van der Waals surface area contributed by atoms with Gasteiger partial charge in [-0.05, 0) is 33.2 Å². The van der Waals surface area contributed by atoms with Gasteiger partial charge in [0.05, 0.1) is 18.7 Å². The lowest BCUT2D eigenvalue weighted by atomic mass is 9.60. The molecule has 0 aromatic carbocycles. The molecule has 2 unspecified atom stereocenters. The van der Waals surface area contributed by atoms with Crippen LogP contribution in [0.1, 0.15) is 39.0 Å². The van der Waals surface area contributed by atoms with Crippen molar-refractivity contribution in [2.24, 2.45) is 5.41 Å². The average Bonchev–Trinajstić information content (AvgIpc) is 2.75. The van der Waals surface area contributed by atoms with Crippen molar-refractivity contribution in [3.63, 3.8) is 0 Å². The highest BCUT2D eigenvalue weighted by atomic mass is 16.5. The molecule has 1 spiro atoms. The average molecular weight is 222 g/mol. The zero-order valence-corrected chi connectivity index (χ0v) is 10.4. The summed E-state index contributed by atoms with van der Waals surface area (Å²) in [6, 6.07) is 2.83. The Balaban J connectivity index is 2.03.